The van der Waals surface area contributed by atoms with Gasteiger partial charge in [0.25, 0.3) is 5.91 Å². The molecule has 3 atom stereocenters. The van der Waals surface area contributed by atoms with E-state index in [9.17, 15) is 13.2 Å². The Bertz CT molecular complexity index is 1050. The Hall–Kier alpha value is -2.62. The number of fused-ring (bicyclic) bond motifs is 1. The number of anilines is 1. The average molecular weight is 476 g/mol. The van der Waals surface area contributed by atoms with Gasteiger partial charge in [0.15, 0.2) is 0 Å². The van der Waals surface area contributed by atoms with Crippen molar-refractivity contribution >= 4 is 21.6 Å². The van der Waals surface area contributed by atoms with Crippen molar-refractivity contribution in [3.8, 4) is 5.75 Å². The van der Waals surface area contributed by atoms with Gasteiger partial charge >= 0.3 is 0 Å². The first-order valence-corrected chi connectivity index (χ1v) is 12.7. The lowest BCUT2D eigenvalue weighted by atomic mass is 10.0. The fourth-order valence-electron chi connectivity index (χ4n) is 3.73. The van der Waals surface area contributed by atoms with Crippen molar-refractivity contribution < 1.29 is 22.7 Å². The van der Waals surface area contributed by atoms with Crippen LogP contribution < -0.4 is 14.8 Å². The molecule has 0 aromatic heterocycles. The van der Waals surface area contributed by atoms with Crippen molar-refractivity contribution in [2.24, 2.45) is 5.92 Å². The van der Waals surface area contributed by atoms with Gasteiger partial charge in [-0.05, 0) is 36.6 Å². The molecule has 2 aromatic rings. The number of hydrogen-bond acceptors (Lipinski definition) is 6. The molecular formula is C24H33N3O5S. The summed E-state index contributed by atoms with van der Waals surface area (Å²) in [5.74, 6) is 0.174. The summed E-state index contributed by atoms with van der Waals surface area (Å²) >= 11 is 0. The number of rotatable bonds is 5. The number of ether oxygens (including phenoxy) is 2. The van der Waals surface area contributed by atoms with E-state index in [2.05, 4.69) is 17.0 Å². The summed E-state index contributed by atoms with van der Waals surface area (Å²) in [6.07, 6.45) is -0.144. The van der Waals surface area contributed by atoms with E-state index < -0.39 is 10.0 Å². The highest BCUT2D eigenvalue weighted by molar-refractivity contribution is 7.91. The number of hydrogen-bond donors (Lipinski definition) is 2. The summed E-state index contributed by atoms with van der Waals surface area (Å²) in [7, 11) is -0.308. The third-order valence-corrected chi connectivity index (χ3v) is 6.96. The molecule has 0 saturated carbocycles. The SMILES string of the molecule is CO[C@H]1CN(C)C(=O)c2cc(NS(=O)(=O)Cc3ccccc3)ccc2OC[C@H](C)NC[C@@H]1C. The Labute approximate surface area is 196 Å². The van der Waals surface area contributed by atoms with Crippen LogP contribution in [0.2, 0.25) is 0 Å². The number of methoxy groups -OCH3 is 1. The third kappa shape index (κ3) is 6.93. The zero-order chi connectivity index (χ0) is 24.0. The van der Waals surface area contributed by atoms with Crippen molar-refractivity contribution in [1.82, 2.24) is 10.2 Å². The van der Waals surface area contributed by atoms with Crippen LogP contribution in [0.5, 0.6) is 5.75 Å². The van der Waals surface area contributed by atoms with Crippen LogP contribution in [-0.2, 0) is 20.5 Å². The van der Waals surface area contributed by atoms with Crippen molar-refractivity contribution in [2.45, 2.75) is 31.7 Å². The minimum atomic E-state index is -3.66. The van der Waals surface area contributed by atoms with Gasteiger partial charge in [-0.1, -0.05) is 37.3 Å². The second-order valence-corrected chi connectivity index (χ2v) is 10.3. The normalized spacial score (nSPS) is 22.5. The molecule has 0 saturated heterocycles. The second kappa shape index (κ2) is 11.0. The summed E-state index contributed by atoms with van der Waals surface area (Å²) in [5, 5.41) is 3.44. The molecule has 0 fully saturated rings. The second-order valence-electron chi connectivity index (χ2n) is 8.62. The molecule has 33 heavy (non-hydrogen) atoms. The van der Waals surface area contributed by atoms with E-state index in [1.165, 1.54) is 6.07 Å². The van der Waals surface area contributed by atoms with Crippen LogP contribution >= 0.6 is 0 Å². The highest BCUT2D eigenvalue weighted by Crippen LogP contribution is 2.26. The van der Waals surface area contributed by atoms with Gasteiger partial charge in [0.1, 0.15) is 12.4 Å². The zero-order valence-electron chi connectivity index (χ0n) is 19.6. The van der Waals surface area contributed by atoms with Crippen LogP contribution in [0.4, 0.5) is 5.69 Å². The number of nitrogens with zero attached hydrogens (tertiary/aromatic N) is 1. The summed E-state index contributed by atoms with van der Waals surface area (Å²) < 4.78 is 39.5. The lowest BCUT2D eigenvalue weighted by Crippen LogP contribution is -2.44. The van der Waals surface area contributed by atoms with Crippen LogP contribution in [0.1, 0.15) is 29.8 Å². The molecule has 3 rings (SSSR count). The predicted molar refractivity (Wildman–Crippen MR) is 129 cm³/mol. The fraction of sp³-hybridized carbons (Fsp3) is 0.458. The highest BCUT2D eigenvalue weighted by Gasteiger charge is 2.26. The summed E-state index contributed by atoms with van der Waals surface area (Å²) in [6.45, 7) is 5.59. The zero-order valence-corrected chi connectivity index (χ0v) is 20.4. The maximum Gasteiger partial charge on any atom is 0.257 e. The van der Waals surface area contributed by atoms with E-state index in [-0.39, 0.29) is 29.7 Å². The molecule has 1 amide bonds. The first-order chi connectivity index (χ1) is 15.7. The smallest absolute Gasteiger partial charge is 0.257 e. The lowest BCUT2D eigenvalue weighted by Gasteiger charge is -2.30. The molecule has 0 aliphatic carbocycles. The maximum absolute atomic E-state index is 13.3. The van der Waals surface area contributed by atoms with Gasteiger partial charge in [-0.25, -0.2) is 8.42 Å². The quantitative estimate of drug-likeness (QED) is 0.690. The Balaban J connectivity index is 1.88. The van der Waals surface area contributed by atoms with Gasteiger partial charge in [0, 0.05) is 39.0 Å². The van der Waals surface area contributed by atoms with Gasteiger partial charge in [0.05, 0.1) is 17.4 Å². The van der Waals surface area contributed by atoms with E-state index in [0.717, 1.165) is 6.54 Å². The van der Waals surface area contributed by atoms with Gasteiger partial charge in [-0.15, -0.1) is 0 Å². The minimum absolute atomic E-state index is 0.0640. The van der Waals surface area contributed by atoms with E-state index in [4.69, 9.17) is 9.47 Å². The van der Waals surface area contributed by atoms with Crippen LogP contribution in [0, 0.1) is 5.92 Å². The molecule has 8 nitrogen and oxygen atoms in total. The molecule has 2 aromatic carbocycles. The van der Waals surface area contributed by atoms with E-state index in [1.807, 2.05) is 13.0 Å². The molecule has 1 aliphatic heterocycles. The van der Waals surface area contributed by atoms with E-state index in [0.29, 0.717) is 35.7 Å². The monoisotopic (exact) mass is 475 g/mol. The largest absolute Gasteiger partial charge is 0.491 e. The van der Waals surface area contributed by atoms with Gasteiger partial charge < -0.3 is 19.7 Å². The fourth-order valence-corrected chi connectivity index (χ4v) is 4.92. The molecule has 1 heterocycles. The van der Waals surface area contributed by atoms with Crippen LogP contribution in [0.3, 0.4) is 0 Å². The molecule has 2 N–H and O–H groups in total. The molecule has 1 aliphatic rings. The standard InChI is InChI=1S/C24H33N3O5S/c1-17-13-25-18(2)15-32-22-11-10-20(12-21(22)24(28)27(3)14-23(17)31-4)26-33(29,30)16-19-8-6-5-7-9-19/h5-12,17-18,23,25-26H,13-16H2,1-4H3/t17-,18-,23-/m0/s1. The van der Waals surface area contributed by atoms with Gasteiger partial charge in [-0.3, -0.25) is 9.52 Å². The number of amides is 1. The molecule has 0 unspecified atom stereocenters. The average Bonchev–Trinajstić information content (AvgIpc) is 2.78. The molecular weight excluding hydrogens is 442 g/mol. The third-order valence-electron chi connectivity index (χ3n) is 5.70. The summed E-state index contributed by atoms with van der Waals surface area (Å²) in [5.41, 5.74) is 1.29. The van der Waals surface area contributed by atoms with Crippen molar-refractivity contribution in [2.75, 3.05) is 38.6 Å². The topological polar surface area (TPSA) is 97.0 Å². The van der Waals surface area contributed by atoms with E-state index in [1.54, 1.807) is 55.5 Å². The van der Waals surface area contributed by atoms with Crippen molar-refractivity contribution in [3.05, 3.63) is 59.7 Å². The Morgan fingerprint density at radius 2 is 1.91 bits per heavy atom. The molecule has 0 spiro atoms. The minimum Gasteiger partial charge on any atom is -0.491 e. The number of nitrogens with one attached hydrogen (secondary N) is 2. The number of sulfonamides is 1. The number of benzene rings is 2. The van der Waals surface area contributed by atoms with E-state index >= 15 is 0 Å². The molecule has 0 radical (unpaired) electrons. The Morgan fingerprint density at radius 1 is 1.18 bits per heavy atom. The first-order valence-electron chi connectivity index (χ1n) is 11.0. The Morgan fingerprint density at radius 3 is 2.61 bits per heavy atom. The van der Waals surface area contributed by atoms with Crippen LogP contribution in [0.25, 0.3) is 0 Å². The van der Waals surface area contributed by atoms with Gasteiger partial charge in [-0.2, -0.15) is 0 Å². The molecule has 9 heteroatoms. The van der Waals surface area contributed by atoms with Gasteiger partial charge in [0.2, 0.25) is 10.0 Å². The van der Waals surface area contributed by atoms with Crippen molar-refractivity contribution in [3.63, 3.8) is 0 Å². The highest BCUT2D eigenvalue weighted by atomic mass is 32.2. The number of carbonyl (C=O) groups is 1. The summed E-state index contributed by atoms with van der Waals surface area (Å²) in [6, 6.07) is 13.8. The number of likely N-dealkylation sites (N-methyl/N-ethyl adjacent to an activating group) is 1. The molecule has 180 valence electrons. The van der Waals surface area contributed by atoms with Crippen molar-refractivity contribution in [1.29, 1.82) is 0 Å². The Kier molecular flexibility index (Phi) is 8.34. The molecule has 0 bridgehead atoms. The lowest BCUT2D eigenvalue weighted by molar-refractivity contribution is 0.0281. The van der Waals surface area contributed by atoms with Crippen LogP contribution in [0.15, 0.2) is 48.5 Å². The summed E-state index contributed by atoms with van der Waals surface area (Å²) in [4.78, 5) is 14.9. The first kappa shape index (κ1) is 25.0. The number of carbonyl (C=O) groups excluding carboxylic acids is 1. The predicted octanol–water partition coefficient (Wildman–Crippen LogP) is 2.72. The van der Waals surface area contributed by atoms with Crippen LogP contribution in [-0.4, -0.2) is 65.2 Å². The maximum atomic E-state index is 13.3.